The smallest absolute Gasteiger partial charge is 0.120 e. The van der Waals surface area contributed by atoms with Crippen molar-refractivity contribution in [3.8, 4) is 11.5 Å². The summed E-state index contributed by atoms with van der Waals surface area (Å²) in [6.07, 6.45) is 4.28. The molecule has 0 radical (unpaired) electrons. The van der Waals surface area contributed by atoms with Crippen molar-refractivity contribution < 1.29 is 10.2 Å². The lowest BCUT2D eigenvalue weighted by atomic mass is 10.1. The highest BCUT2D eigenvalue weighted by Gasteiger charge is 2.29. The topological polar surface area (TPSA) is 64.5 Å². The molecule has 2 aliphatic rings. The van der Waals surface area contributed by atoms with E-state index in [-0.39, 0.29) is 11.5 Å². The van der Waals surface area contributed by atoms with Crippen molar-refractivity contribution >= 4 is 81.9 Å². The third-order valence-corrected chi connectivity index (χ3v) is 13.8. The number of thioether (sulfide) groups is 6. The van der Waals surface area contributed by atoms with E-state index in [0.29, 0.717) is 13.1 Å². The van der Waals surface area contributed by atoms with Crippen LogP contribution in [0.4, 0.5) is 11.4 Å². The third kappa shape index (κ3) is 5.79. The first-order valence-corrected chi connectivity index (χ1v) is 16.7. The molecular weight excluding hydrogens is 565 g/mol. The van der Waals surface area contributed by atoms with Crippen molar-refractivity contribution in [2.75, 3.05) is 23.1 Å². The van der Waals surface area contributed by atoms with Crippen LogP contribution >= 0.6 is 70.6 Å². The Morgan fingerprint density at radius 2 is 1.06 bits per heavy atom. The zero-order valence-corrected chi connectivity index (χ0v) is 24.4. The van der Waals surface area contributed by atoms with E-state index >= 15 is 0 Å². The summed E-state index contributed by atoms with van der Waals surface area (Å²) >= 11 is 11.0. The maximum absolute atomic E-state index is 10.2. The number of fused-ring (bicyclic) bond motifs is 1. The van der Waals surface area contributed by atoms with Crippen LogP contribution in [0.25, 0.3) is 0 Å². The summed E-state index contributed by atoms with van der Waals surface area (Å²) in [4.78, 5) is 2.44. The minimum Gasteiger partial charge on any atom is -0.508 e. The SMILES string of the molecule is CSC1=C(SC)SC(=C2Sc3cc(NCc4ccccc4O)c(NCc4ccccc4O)cc3S2)S1. The molecule has 0 atom stereocenters. The van der Waals surface area contributed by atoms with Gasteiger partial charge in [0.2, 0.25) is 0 Å². The molecule has 0 bridgehead atoms. The molecule has 36 heavy (non-hydrogen) atoms. The average molecular weight is 589 g/mol. The van der Waals surface area contributed by atoms with Gasteiger partial charge in [-0.05, 0) is 36.8 Å². The minimum absolute atomic E-state index is 0.281. The van der Waals surface area contributed by atoms with Crippen LogP contribution in [0, 0.1) is 0 Å². The first kappa shape index (κ1) is 26.1. The Morgan fingerprint density at radius 1 is 0.639 bits per heavy atom. The van der Waals surface area contributed by atoms with Gasteiger partial charge in [0, 0.05) is 34.0 Å². The Bertz CT molecular complexity index is 1260. The fourth-order valence-electron chi connectivity index (χ4n) is 3.62. The maximum Gasteiger partial charge on any atom is 0.120 e. The van der Waals surface area contributed by atoms with Gasteiger partial charge >= 0.3 is 0 Å². The predicted molar refractivity (Wildman–Crippen MR) is 165 cm³/mol. The lowest BCUT2D eigenvalue weighted by Gasteiger charge is -2.16. The van der Waals surface area contributed by atoms with Crippen molar-refractivity contribution in [2.24, 2.45) is 0 Å². The largest absolute Gasteiger partial charge is 0.508 e. The molecule has 0 saturated heterocycles. The highest BCUT2D eigenvalue weighted by atomic mass is 32.3. The molecule has 0 amide bonds. The van der Waals surface area contributed by atoms with E-state index in [1.165, 1.54) is 26.7 Å². The van der Waals surface area contributed by atoms with Gasteiger partial charge in [-0.1, -0.05) is 83.4 Å². The molecular formula is C26H24N2O2S6. The number of para-hydroxylation sites is 2. The fraction of sp³-hybridized carbons (Fsp3) is 0.154. The molecule has 0 aliphatic carbocycles. The summed E-state index contributed by atoms with van der Waals surface area (Å²) in [5, 5.41) is 27.5. The average Bonchev–Trinajstić information content (AvgIpc) is 3.51. The van der Waals surface area contributed by atoms with Crippen LogP contribution in [0.2, 0.25) is 0 Å². The van der Waals surface area contributed by atoms with Crippen LogP contribution in [-0.2, 0) is 13.1 Å². The third-order valence-electron chi connectivity index (χ3n) is 5.49. The van der Waals surface area contributed by atoms with Gasteiger partial charge in [-0.2, -0.15) is 0 Å². The molecule has 10 heteroatoms. The summed E-state index contributed by atoms with van der Waals surface area (Å²) in [7, 11) is 0. The number of anilines is 2. The molecule has 2 aliphatic heterocycles. The molecule has 0 unspecified atom stereocenters. The maximum atomic E-state index is 10.2. The van der Waals surface area contributed by atoms with Crippen molar-refractivity contribution in [2.45, 2.75) is 22.9 Å². The van der Waals surface area contributed by atoms with Crippen LogP contribution in [0.1, 0.15) is 11.1 Å². The zero-order valence-electron chi connectivity index (χ0n) is 19.5. The Hall–Kier alpha value is -1.56. The Kier molecular flexibility index (Phi) is 8.60. The Balaban J connectivity index is 1.41. The molecule has 2 heterocycles. The molecule has 0 saturated carbocycles. The molecule has 4 N–H and O–H groups in total. The van der Waals surface area contributed by atoms with E-state index in [2.05, 4.69) is 35.3 Å². The van der Waals surface area contributed by atoms with Gasteiger partial charge < -0.3 is 20.8 Å². The first-order chi connectivity index (χ1) is 17.6. The van der Waals surface area contributed by atoms with Crippen molar-refractivity contribution in [3.63, 3.8) is 0 Å². The highest BCUT2D eigenvalue weighted by molar-refractivity contribution is 8.41. The number of benzene rings is 3. The summed E-state index contributed by atoms with van der Waals surface area (Å²) in [5.74, 6) is 0.563. The first-order valence-electron chi connectivity index (χ1n) is 11.0. The molecule has 3 aromatic rings. The van der Waals surface area contributed by atoms with Gasteiger partial charge in [0.1, 0.15) is 11.5 Å². The Labute approximate surface area is 237 Å². The molecule has 4 nitrogen and oxygen atoms in total. The van der Waals surface area contributed by atoms with Gasteiger partial charge in [0.05, 0.1) is 28.3 Å². The molecule has 0 aromatic heterocycles. The van der Waals surface area contributed by atoms with Crippen LogP contribution in [0.3, 0.4) is 0 Å². The highest BCUT2D eigenvalue weighted by Crippen LogP contribution is 2.64. The number of hydrogen-bond donors (Lipinski definition) is 4. The second-order valence-corrected chi connectivity index (χ2v) is 14.6. The summed E-state index contributed by atoms with van der Waals surface area (Å²) in [6, 6.07) is 19.2. The number of hydrogen-bond acceptors (Lipinski definition) is 10. The van der Waals surface area contributed by atoms with E-state index < -0.39 is 0 Å². The second-order valence-electron chi connectivity index (χ2n) is 7.78. The molecule has 0 spiro atoms. The summed E-state index contributed by atoms with van der Waals surface area (Å²) in [5.41, 5.74) is 3.61. The predicted octanol–water partition coefficient (Wildman–Crippen LogP) is 8.98. The monoisotopic (exact) mass is 588 g/mol. The molecule has 5 rings (SSSR count). The molecule has 3 aromatic carbocycles. The number of rotatable bonds is 8. The van der Waals surface area contributed by atoms with Crippen LogP contribution in [0.15, 0.2) is 87.4 Å². The van der Waals surface area contributed by atoms with Crippen molar-refractivity contribution in [1.82, 2.24) is 0 Å². The molecule has 0 fully saturated rings. The lowest BCUT2D eigenvalue weighted by molar-refractivity contribution is 0.468. The fourth-order valence-corrected chi connectivity index (χ4v) is 11.5. The second kappa shape index (κ2) is 11.9. The van der Waals surface area contributed by atoms with Crippen LogP contribution in [-0.4, -0.2) is 22.7 Å². The standard InChI is InChI=1S/C26H24N2O2S6/c1-31-23-24(32-2)36-26(35-23)25-33-21-11-17(27-13-15-7-3-5-9-19(15)29)18(12-22(21)34-25)28-14-16-8-4-6-10-20(16)30/h3-12,27-30H,13-14H2,1-2H3. The van der Waals surface area contributed by atoms with Crippen LogP contribution < -0.4 is 10.6 Å². The summed E-state index contributed by atoms with van der Waals surface area (Å²) < 4.78 is 5.42. The molecule has 186 valence electrons. The number of nitrogens with one attached hydrogen (secondary N) is 2. The van der Waals surface area contributed by atoms with Gasteiger partial charge in [-0.3, -0.25) is 0 Å². The lowest BCUT2D eigenvalue weighted by Crippen LogP contribution is -2.06. The van der Waals surface area contributed by atoms with Crippen molar-refractivity contribution in [3.05, 3.63) is 88.7 Å². The van der Waals surface area contributed by atoms with Gasteiger partial charge in [0.25, 0.3) is 0 Å². The van der Waals surface area contributed by atoms with Gasteiger partial charge in [-0.15, -0.1) is 23.5 Å². The number of phenols is 2. The van der Waals surface area contributed by atoms with Crippen LogP contribution in [0.5, 0.6) is 11.5 Å². The normalized spacial score (nSPS) is 14.9. The van der Waals surface area contributed by atoms with E-state index in [9.17, 15) is 10.2 Å². The van der Waals surface area contributed by atoms with Gasteiger partial charge in [0.15, 0.2) is 0 Å². The quantitative estimate of drug-likeness (QED) is 0.205. The minimum atomic E-state index is 0.281. The van der Waals surface area contributed by atoms with E-state index in [1.54, 1.807) is 12.1 Å². The van der Waals surface area contributed by atoms with Gasteiger partial charge in [-0.25, -0.2) is 0 Å². The van der Waals surface area contributed by atoms with E-state index in [4.69, 9.17) is 0 Å². The van der Waals surface area contributed by atoms with E-state index in [0.717, 1.165) is 22.5 Å². The Morgan fingerprint density at radius 3 is 1.47 bits per heavy atom. The number of aromatic hydroxyl groups is 2. The van der Waals surface area contributed by atoms with Crippen molar-refractivity contribution in [1.29, 1.82) is 0 Å². The van der Waals surface area contributed by atoms with E-state index in [1.807, 2.05) is 107 Å². The summed E-state index contributed by atoms with van der Waals surface area (Å²) in [6.45, 7) is 1.01. The zero-order chi connectivity index (χ0) is 25.1. The number of phenolic OH excluding ortho intramolecular Hbond substituents is 2.